The van der Waals surface area contributed by atoms with E-state index in [-0.39, 0.29) is 0 Å². The van der Waals surface area contributed by atoms with E-state index in [1.807, 2.05) is 25.1 Å². The van der Waals surface area contributed by atoms with Crippen molar-refractivity contribution in [3.8, 4) is 11.5 Å². The second-order valence-corrected chi connectivity index (χ2v) is 5.79. The van der Waals surface area contributed by atoms with Crippen LogP contribution in [0.3, 0.4) is 0 Å². The Labute approximate surface area is 128 Å². The lowest BCUT2D eigenvalue weighted by Gasteiger charge is -2.10. The zero-order valence-electron chi connectivity index (χ0n) is 10.3. The number of aliphatic hydroxyl groups is 1. The molecule has 0 fully saturated rings. The van der Waals surface area contributed by atoms with Crippen LogP contribution in [-0.4, -0.2) is 10.1 Å². The van der Waals surface area contributed by atoms with Gasteiger partial charge >= 0.3 is 0 Å². The first kappa shape index (κ1) is 14.5. The van der Waals surface area contributed by atoms with Crippen molar-refractivity contribution in [2.75, 3.05) is 0 Å². The zero-order chi connectivity index (χ0) is 13.8. The van der Waals surface area contributed by atoms with Crippen molar-refractivity contribution in [3.63, 3.8) is 0 Å². The van der Waals surface area contributed by atoms with Crippen molar-refractivity contribution in [1.29, 1.82) is 0 Å². The summed E-state index contributed by atoms with van der Waals surface area (Å²) in [6.45, 7) is 1.91. The van der Waals surface area contributed by atoms with Gasteiger partial charge in [-0.1, -0.05) is 22.9 Å². The molecular formula is C14H13Br2NO2. The summed E-state index contributed by atoms with van der Waals surface area (Å²) >= 11 is 6.83. The van der Waals surface area contributed by atoms with Crippen LogP contribution < -0.4 is 4.74 Å². The number of hydrogen-bond acceptors (Lipinski definition) is 3. The van der Waals surface area contributed by atoms with Crippen LogP contribution in [0.2, 0.25) is 0 Å². The van der Waals surface area contributed by atoms with E-state index >= 15 is 0 Å². The molecule has 0 radical (unpaired) electrons. The van der Waals surface area contributed by atoms with Gasteiger partial charge in [0.2, 0.25) is 0 Å². The lowest BCUT2D eigenvalue weighted by Crippen LogP contribution is -1.98. The minimum atomic E-state index is -0.520. The molecule has 0 amide bonds. The molecule has 0 saturated carbocycles. The number of benzene rings is 1. The van der Waals surface area contributed by atoms with E-state index in [9.17, 15) is 5.11 Å². The molecule has 1 aromatic heterocycles. The monoisotopic (exact) mass is 385 g/mol. The molecule has 19 heavy (non-hydrogen) atoms. The largest absolute Gasteiger partial charge is 0.455 e. The van der Waals surface area contributed by atoms with Crippen LogP contribution in [0.5, 0.6) is 11.5 Å². The zero-order valence-corrected chi connectivity index (χ0v) is 13.5. The van der Waals surface area contributed by atoms with E-state index in [2.05, 4.69) is 36.8 Å². The normalized spacial score (nSPS) is 12.2. The molecule has 1 atom stereocenters. The molecule has 2 rings (SSSR count). The quantitative estimate of drug-likeness (QED) is 0.817. The lowest BCUT2D eigenvalue weighted by atomic mass is 10.2. The molecular weight excluding hydrogens is 374 g/mol. The average Bonchev–Trinajstić information content (AvgIpc) is 2.42. The van der Waals surface area contributed by atoms with E-state index in [0.29, 0.717) is 23.6 Å². The number of halogens is 2. The number of rotatable bonds is 4. The maximum atomic E-state index is 9.67. The molecule has 3 nitrogen and oxygen atoms in total. The second-order valence-electron chi connectivity index (χ2n) is 4.02. The number of aliphatic hydroxyl groups excluding tert-OH is 1. The van der Waals surface area contributed by atoms with Crippen molar-refractivity contribution >= 4 is 31.9 Å². The van der Waals surface area contributed by atoms with Gasteiger partial charge in [0.05, 0.1) is 22.5 Å². The Morgan fingerprint density at radius 1 is 1.26 bits per heavy atom. The van der Waals surface area contributed by atoms with E-state index in [1.165, 1.54) is 0 Å². The number of ether oxygens (including phenoxy) is 1. The van der Waals surface area contributed by atoms with Gasteiger partial charge in [0.1, 0.15) is 11.5 Å². The summed E-state index contributed by atoms with van der Waals surface area (Å²) in [6.07, 6.45) is 1.74. The Morgan fingerprint density at radius 2 is 2.05 bits per heavy atom. The summed E-state index contributed by atoms with van der Waals surface area (Å²) in [5.41, 5.74) is 0.657. The van der Waals surface area contributed by atoms with Gasteiger partial charge in [-0.25, -0.2) is 0 Å². The molecule has 1 N–H and O–H groups in total. The van der Waals surface area contributed by atoms with Gasteiger partial charge in [-0.3, -0.25) is 4.98 Å². The molecule has 1 aromatic carbocycles. The van der Waals surface area contributed by atoms with Crippen LogP contribution in [-0.2, 0) is 0 Å². The van der Waals surface area contributed by atoms with Crippen molar-refractivity contribution in [3.05, 3.63) is 51.2 Å². The van der Waals surface area contributed by atoms with Gasteiger partial charge in [0.25, 0.3) is 0 Å². The first-order valence-electron chi connectivity index (χ1n) is 5.87. The molecule has 0 unspecified atom stereocenters. The molecule has 0 bridgehead atoms. The van der Waals surface area contributed by atoms with Crippen molar-refractivity contribution in [2.24, 2.45) is 0 Å². The van der Waals surface area contributed by atoms with E-state index < -0.39 is 6.10 Å². The summed E-state index contributed by atoms with van der Waals surface area (Å²) < 4.78 is 7.56. The van der Waals surface area contributed by atoms with Gasteiger partial charge in [-0.05, 0) is 52.7 Å². The van der Waals surface area contributed by atoms with Crippen LogP contribution in [0, 0.1) is 0 Å². The molecule has 0 aliphatic carbocycles. The Morgan fingerprint density at radius 3 is 2.63 bits per heavy atom. The maximum absolute atomic E-state index is 9.67. The molecule has 2 aromatic rings. The van der Waals surface area contributed by atoms with Crippen molar-refractivity contribution < 1.29 is 9.84 Å². The lowest BCUT2D eigenvalue weighted by molar-refractivity contribution is 0.169. The summed E-state index contributed by atoms with van der Waals surface area (Å²) in [6, 6.07) is 9.26. The van der Waals surface area contributed by atoms with Crippen molar-refractivity contribution in [2.45, 2.75) is 19.4 Å². The molecule has 1 heterocycles. The average molecular weight is 387 g/mol. The highest BCUT2D eigenvalue weighted by molar-refractivity contribution is 9.11. The standard InChI is InChI=1S/C14H13Br2NO2/c1-2-13(18)12-5-4-10(8-17-12)19-14-6-3-9(15)7-11(14)16/h3-8,13,18H,2H2,1H3/t13-/m1/s1. The van der Waals surface area contributed by atoms with Crippen LogP contribution in [0.15, 0.2) is 45.5 Å². The van der Waals surface area contributed by atoms with Gasteiger partial charge in [0, 0.05) is 4.47 Å². The third kappa shape index (κ3) is 3.78. The van der Waals surface area contributed by atoms with E-state index in [1.54, 1.807) is 18.3 Å². The van der Waals surface area contributed by atoms with Gasteiger partial charge in [-0.15, -0.1) is 0 Å². The summed E-state index contributed by atoms with van der Waals surface area (Å²) in [4.78, 5) is 4.19. The van der Waals surface area contributed by atoms with Crippen molar-refractivity contribution in [1.82, 2.24) is 4.98 Å². The number of nitrogens with zero attached hydrogens (tertiary/aromatic N) is 1. The Balaban J connectivity index is 2.15. The molecule has 0 aliphatic heterocycles. The third-order valence-corrected chi connectivity index (χ3v) is 3.72. The predicted molar refractivity (Wildman–Crippen MR) is 81.4 cm³/mol. The summed E-state index contributed by atoms with van der Waals surface area (Å²) in [5, 5.41) is 9.67. The minimum Gasteiger partial charge on any atom is -0.455 e. The topological polar surface area (TPSA) is 42.4 Å². The van der Waals surface area contributed by atoms with Crippen LogP contribution in [0.25, 0.3) is 0 Å². The Hall–Kier alpha value is -0.910. The highest BCUT2D eigenvalue weighted by Crippen LogP contribution is 2.32. The molecule has 0 spiro atoms. The fourth-order valence-electron chi connectivity index (χ4n) is 1.54. The minimum absolute atomic E-state index is 0.520. The maximum Gasteiger partial charge on any atom is 0.145 e. The van der Waals surface area contributed by atoms with Crippen LogP contribution in [0.4, 0.5) is 0 Å². The summed E-state index contributed by atoms with van der Waals surface area (Å²) in [7, 11) is 0. The number of hydrogen-bond donors (Lipinski definition) is 1. The predicted octanol–water partition coefficient (Wildman–Crippen LogP) is 4.84. The fourth-order valence-corrected chi connectivity index (χ4v) is 2.67. The molecule has 0 aliphatic rings. The summed E-state index contributed by atoms with van der Waals surface area (Å²) in [5.74, 6) is 1.35. The van der Waals surface area contributed by atoms with Crippen LogP contribution in [0.1, 0.15) is 25.1 Å². The number of pyridine rings is 1. The highest BCUT2D eigenvalue weighted by atomic mass is 79.9. The SMILES string of the molecule is CC[C@@H](O)c1ccc(Oc2ccc(Br)cc2Br)cn1. The van der Waals surface area contributed by atoms with Gasteiger partial charge in [-0.2, -0.15) is 0 Å². The van der Waals surface area contributed by atoms with Crippen LogP contribution >= 0.6 is 31.9 Å². The second kappa shape index (κ2) is 6.50. The first-order chi connectivity index (χ1) is 9.10. The van der Waals surface area contributed by atoms with E-state index in [0.717, 1.165) is 8.95 Å². The smallest absolute Gasteiger partial charge is 0.145 e. The Kier molecular flexibility index (Phi) is 4.96. The van der Waals surface area contributed by atoms with Gasteiger partial charge in [0.15, 0.2) is 0 Å². The Bertz CT molecular complexity index is 558. The molecule has 0 saturated heterocycles. The molecule has 100 valence electrons. The number of aromatic nitrogens is 1. The third-order valence-electron chi connectivity index (χ3n) is 2.61. The highest BCUT2D eigenvalue weighted by Gasteiger charge is 2.07. The van der Waals surface area contributed by atoms with E-state index in [4.69, 9.17) is 4.74 Å². The fraction of sp³-hybridized carbons (Fsp3) is 0.214. The van der Waals surface area contributed by atoms with Gasteiger partial charge < -0.3 is 9.84 Å². The molecule has 5 heteroatoms. The first-order valence-corrected chi connectivity index (χ1v) is 7.45.